The molecular weight excluding hydrogens is 250 g/mol. The molecule has 7 nitrogen and oxygen atoms in total. The van der Waals surface area contributed by atoms with Gasteiger partial charge in [0.15, 0.2) is 5.69 Å². The van der Waals surface area contributed by atoms with E-state index in [1.165, 1.54) is 19.2 Å². The first kappa shape index (κ1) is 13.3. The number of carbonyl (C=O) groups is 2. The molecule has 1 aliphatic carbocycles. The molecule has 0 spiro atoms. The molecule has 0 aliphatic heterocycles. The molecule has 0 radical (unpaired) electrons. The summed E-state index contributed by atoms with van der Waals surface area (Å²) in [7, 11) is 1.26. The Morgan fingerprint density at radius 1 is 1.47 bits per heavy atom. The minimum atomic E-state index is -0.911. The molecule has 0 saturated heterocycles. The number of nitrogens with one attached hydrogen (secondary N) is 1. The molecule has 1 aromatic rings. The lowest BCUT2D eigenvalue weighted by atomic mass is 10.1. The molecule has 1 saturated carbocycles. The fourth-order valence-electron chi connectivity index (χ4n) is 1.71. The minimum absolute atomic E-state index is 0.0853. The second-order valence-corrected chi connectivity index (χ2v) is 4.51. The number of hydrogen-bond donors (Lipinski definition) is 2. The van der Waals surface area contributed by atoms with Crippen LogP contribution in [0.15, 0.2) is 12.1 Å². The van der Waals surface area contributed by atoms with E-state index >= 15 is 0 Å². The first-order valence-electron chi connectivity index (χ1n) is 6.01. The van der Waals surface area contributed by atoms with Gasteiger partial charge < -0.3 is 15.2 Å². The van der Waals surface area contributed by atoms with Gasteiger partial charge in [0.2, 0.25) is 0 Å². The highest BCUT2D eigenvalue weighted by molar-refractivity contribution is 5.87. The van der Waals surface area contributed by atoms with Crippen LogP contribution >= 0.6 is 0 Å². The number of aliphatic carboxylic acids is 1. The third-order valence-electron chi connectivity index (χ3n) is 2.95. The maximum atomic E-state index is 11.2. The molecular formula is C12H15N3O4. The SMILES string of the molecule is COC(=O)c1ccc(NC(CC2CC2)C(=O)O)nn1. The zero-order valence-electron chi connectivity index (χ0n) is 10.5. The third-order valence-corrected chi connectivity index (χ3v) is 2.95. The number of methoxy groups -OCH3 is 1. The smallest absolute Gasteiger partial charge is 0.358 e. The lowest BCUT2D eigenvalue weighted by Gasteiger charge is -2.14. The van der Waals surface area contributed by atoms with E-state index in [1.807, 2.05) is 0 Å². The molecule has 102 valence electrons. The highest BCUT2D eigenvalue weighted by Crippen LogP contribution is 2.34. The summed E-state index contributed by atoms with van der Waals surface area (Å²) in [6.45, 7) is 0. The number of rotatable bonds is 6. The number of carbonyl (C=O) groups excluding carboxylic acids is 1. The van der Waals surface area contributed by atoms with Crippen LogP contribution in [-0.2, 0) is 9.53 Å². The number of aromatic nitrogens is 2. The summed E-state index contributed by atoms with van der Waals surface area (Å²) in [5, 5.41) is 19.4. The van der Waals surface area contributed by atoms with E-state index in [2.05, 4.69) is 20.3 Å². The topological polar surface area (TPSA) is 101 Å². The lowest BCUT2D eigenvalue weighted by Crippen LogP contribution is -2.30. The van der Waals surface area contributed by atoms with E-state index < -0.39 is 18.0 Å². The normalized spacial score (nSPS) is 15.6. The maximum absolute atomic E-state index is 11.2. The molecule has 19 heavy (non-hydrogen) atoms. The summed E-state index contributed by atoms with van der Waals surface area (Å²) >= 11 is 0. The van der Waals surface area contributed by atoms with Gasteiger partial charge in [-0.05, 0) is 24.5 Å². The van der Waals surface area contributed by atoms with Crippen LogP contribution in [0.3, 0.4) is 0 Å². The van der Waals surface area contributed by atoms with Gasteiger partial charge in [0.1, 0.15) is 11.9 Å². The van der Waals surface area contributed by atoms with Crippen molar-refractivity contribution in [3.05, 3.63) is 17.8 Å². The molecule has 0 amide bonds. The molecule has 2 N–H and O–H groups in total. The number of esters is 1. The first-order chi connectivity index (χ1) is 9.10. The zero-order valence-corrected chi connectivity index (χ0v) is 10.5. The number of anilines is 1. The molecule has 1 atom stereocenters. The number of nitrogens with zero attached hydrogens (tertiary/aromatic N) is 2. The van der Waals surface area contributed by atoms with Crippen LogP contribution in [0.4, 0.5) is 5.82 Å². The fourth-order valence-corrected chi connectivity index (χ4v) is 1.71. The van der Waals surface area contributed by atoms with Gasteiger partial charge >= 0.3 is 11.9 Å². The van der Waals surface area contributed by atoms with Crippen molar-refractivity contribution in [1.29, 1.82) is 0 Å². The molecule has 0 bridgehead atoms. The third kappa shape index (κ3) is 3.64. The Kier molecular flexibility index (Phi) is 3.94. The Balaban J connectivity index is 2.00. The molecule has 7 heteroatoms. The van der Waals surface area contributed by atoms with E-state index in [0.29, 0.717) is 18.2 Å². The van der Waals surface area contributed by atoms with Crippen molar-refractivity contribution in [1.82, 2.24) is 10.2 Å². The highest BCUT2D eigenvalue weighted by Gasteiger charge is 2.29. The maximum Gasteiger partial charge on any atom is 0.358 e. The number of hydrogen-bond acceptors (Lipinski definition) is 6. The van der Waals surface area contributed by atoms with Gasteiger partial charge in [-0.3, -0.25) is 0 Å². The van der Waals surface area contributed by atoms with Gasteiger partial charge in [0.05, 0.1) is 7.11 Å². The molecule has 1 aromatic heterocycles. The van der Waals surface area contributed by atoms with Crippen molar-refractivity contribution in [3.63, 3.8) is 0 Å². The lowest BCUT2D eigenvalue weighted by molar-refractivity contribution is -0.138. The van der Waals surface area contributed by atoms with Gasteiger partial charge in [-0.15, -0.1) is 10.2 Å². The molecule has 1 heterocycles. The second-order valence-electron chi connectivity index (χ2n) is 4.51. The van der Waals surface area contributed by atoms with Gasteiger partial charge in [-0.25, -0.2) is 9.59 Å². The monoisotopic (exact) mass is 265 g/mol. The van der Waals surface area contributed by atoms with Gasteiger partial charge in [0, 0.05) is 0 Å². The Labute approximate surface area is 110 Å². The van der Waals surface area contributed by atoms with Gasteiger partial charge in [0.25, 0.3) is 0 Å². The van der Waals surface area contributed by atoms with Crippen molar-refractivity contribution in [2.24, 2.45) is 5.92 Å². The first-order valence-corrected chi connectivity index (χ1v) is 6.01. The van der Waals surface area contributed by atoms with Crippen LogP contribution in [0, 0.1) is 5.92 Å². The van der Waals surface area contributed by atoms with Crippen molar-refractivity contribution in [2.45, 2.75) is 25.3 Å². The number of carboxylic acid groups (broad SMARTS) is 1. The van der Waals surface area contributed by atoms with Crippen LogP contribution in [0.2, 0.25) is 0 Å². The van der Waals surface area contributed by atoms with E-state index in [0.717, 1.165) is 12.8 Å². The van der Waals surface area contributed by atoms with Crippen LogP contribution in [0.25, 0.3) is 0 Å². The van der Waals surface area contributed by atoms with Crippen molar-refractivity contribution in [3.8, 4) is 0 Å². The molecule has 0 aromatic carbocycles. The predicted octanol–water partition coefficient (Wildman–Crippen LogP) is 0.928. The molecule has 2 rings (SSSR count). The zero-order chi connectivity index (χ0) is 13.8. The predicted molar refractivity (Wildman–Crippen MR) is 65.8 cm³/mol. The average Bonchev–Trinajstić information content (AvgIpc) is 3.22. The standard InChI is InChI=1S/C12H15N3O4/c1-19-12(18)8-4-5-10(15-14-8)13-9(11(16)17)6-7-2-3-7/h4-5,7,9H,2-3,6H2,1H3,(H,13,15)(H,16,17). The van der Waals surface area contributed by atoms with Crippen LogP contribution < -0.4 is 5.32 Å². The summed E-state index contributed by atoms with van der Waals surface area (Å²) < 4.78 is 4.50. The van der Waals surface area contributed by atoms with Crippen molar-refractivity contribution in [2.75, 3.05) is 12.4 Å². The molecule has 1 unspecified atom stereocenters. The number of carboxylic acids is 1. The Morgan fingerprint density at radius 2 is 2.21 bits per heavy atom. The van der Waals surface area contributed by atoms with Crippen LogP contribution in [0.5, 0.6) is 0 Å². The van der Waals surface area contributed by atoms with E-state index in [4.69, 9.17) is 5.11 Å². The largest absolute Gasteiger partial charge is 0.480 e. The highest BCUT2D eigenvalue weighted by atomic mass is 16.5. The van der Waals surface area contributed by atoms with Crippen molar-refractivity contribution >= 4 is 17.8 Å². The molecule has 1 aliphatic rings. The summed E-state index contributed by atoms with van der Waals surface area (Å²) in [5.41, 5.74) is 0.0853. The summed E-state index contributed by atoms with van der Waals surface area (Å²) in [6, 6.07) is 2.28. The van der Waals surface area contributed by atoms with E-state index in [-0.39, 0.29) is 5.69 Å². The van der Waals surface area contributed by atoms with Gasteiger partial charge in [-0.2, -0.15) is 0 Å². The number of ether oxygens (including phenoxy) is 1. The quantitative estimate of drug-likeness (QED) is 0.737. The Morgan fingerprint density at radius 3 is 2.68 bits per heavy atom. The van der Waals surface area contributed by atoms with Crippen LogP contribution in [-0.4, -0.2) is 40.4 Å². The summed E-state index contributed by atoms with van der Waals surface area (Å²) in [4.78, 5) is 22.3. The fraction of sp³-hybridized carbons (Fsp3) is 0.500. The van der Waals surface area contributed by atoms with E-state index in [9.17, 15) is 9.59 Å². The van der Waals surface area contributed by atoms with E-state index in [1.54, 1.807) is 0 Å². The van der Waals surface area contributed by atoms with Crippen molar-refractivity contribution < 1.29 is 19.4 Å². The minimum Gasteiger partial charge on any atom is -0.480 e. The van der Waals surface area contributed by atoms with Crippen LogP contribution in [0.1, 0.15) is 29.8 Å². The Hall–Kier alpha value is -2.18. The average molecular weight is 265 g/mol. The summed E-state index contributed by atoms with van der Waals surface area (Å²) in [6.07, 6.45) is 2.74. The molecule has 1 fully saturated rings. The Bertz CT molecular complexity index is 470. The second kappa shape index (κ2) is 5.64. The van der Waals surface area contributed by atoms with Gasteiger partial charge in [-0.1, -0.05) is 12.8 Å². The summed E-state index contributed by atoms with van der Waals surface area (Å²) in [5.74, 6) is -0.672.